The van der Waals surface area contributed by atoms with Crippen molar-refractivity contribution in [2.45, 2.75) is 0 Å². The highest BCUT2D eigenvalue weighted by Gasteiger charge is 2.16. The lowest BCUT2D eigenvalue weighted by molar-refractivity contribution is 0.495. The fourth-order valence-electron chi connectivity index (χ4n) is 2.84. The van der Waals surface area contributed by atoms with Gasteiger partial charge in [-0.05, 0) is 29.8 Å². The third-order valence-corrected chi connectivity index (χ3v) is 5.74. The molecule has 0 unspecified atom stereocenters. The summed E-state index contributed by atoms with van der Waals surface area (Å²) in [6, 6.07) is 7.93. The van der Waals surface area contributed by atoms with Gasteiger partial charge in [0.15, 0.2) is 0 Å². The molecule has 0 spiro atoms. The second-order valence-electron chi connectivity index (χ2n) is 6.09. The molecule has 0 amide bonds. The second-order valence-corrected chi connectivity index (χ2v) is 8.62. The highest BCUT2D eigenvalue weighted by Crippen LogP contribution is 2.28. The Bertz CT molecular complexity index is 958. The zero-order valence-corrected chi connectivity index (χ0v) is 15.4. The summed E-state index contributed by atoms with van der Waals surface area (Å²) < 4.78 is 26.7. The van der Waals surface area contributed by atoms with Gasteiger partial charge in [0.25, 0.3) is 0 Å². The van der Waals surface area contributed by atoms with Crippen molar-refractivity contribution in [1.29, 1.82) is 0 Å². The van der Waals surface area contributed by atoms with E-state index < -0.39 is 10.0 Å². The Morgan fingerprint density at radius 2 is 2.08 bits per heavy atom. The standard InChI is InChI=1S/C17H20ClN3O2S/c1-20(24(3,22)23)11-12-6-14(10-19-9-12)16-7-13-4-5-15(18)8-17(13)21(16)2/h4-8,10,19H,9,11H2,1-3H3. The number of dihydropyridines is 1. The summed E-state index contributed by atoms with van der Waals surface area (Å²) in [6.45, 7) is 1.01. The predicted molar refractivity (Wildman–Crippen MR) is 99.5 cm³/mol. The van der Waals surface area contributed by atoms with Gasteiger partial charge in [-0.2, -0.15) is 0 Å². The minimum atomic E-state index is -3.19. The molecule has 7 heteroatoms. The normalized spacial score (nSPS) is 15.4. The van der Waals surface area contributed by atoms with E-state index in [1.807, 2.05) is 37.5 Å². The van der Waals surface area contributed by atoms with Crippen molar-refractivity contribution in [2.75, 3.05) is 26.4 Å². The van der Waals surface area contributed by atoms with Gasteiger partial charge >= 0.3 is 0 Å². The molecule has 3 rings (SSSR count). The zero-order chi connectivity index (χ0) is 17.5. The maximum absolute atomic E-state index is 11.6. The van der Waals surface area contributed by atoms with Crippen molar-refractivity contribution in [3.63, 3.8) is 0 Å². The molecule has 1 N–H and O–H groups in total. The molecular formula is C17H20ClN3O2S. The molecule has 2 aromatic rings. The van der Waals surface area contributed by atoms with Crippen molar-refractivity contribution >= 4 is 38.1 Å². The molecular weight excluding hydrogens is 346 g/mol. The first-order valence-corrected chi connectivity index (χ1v) is 9.78. The zero-order valence-electron chi connectivity index (χ0n) is 13.9. The van der Waals surface area contributed by atoms with Gasteiger partial charge in [0.2, 0.25) is 10.0 Å². The van der Waals surface area contributed by atoms with Crippen LogP contribution in [0.15, 0.2) is 42.1 Å². The monoisotopic (exact) mass is 365 g/mol. The number of halogens is 1. The Morgan fingerprint density at radius 3 is 2.79 bits per heavy atom. The summed E-state index contributed by atoms with van der Waals surface area (Å²) in [4.78, 5) is 0. The van der Waals surface area contributed by atoms with Crippen LogP contribution in [-0.2, 0) is 17.1 Å². The van der Waals surface area contributed by atoms with Gasteiger partial charge in [-0.1, -0.05) is 17.7 Å². The first-order valence-electron chi connectivity index (χ1n) is 7.55. The Kier molecular flexibility index (Phi) is 4.46. The van der Waals surface area contributed by atoms with E-state index in [9.17, 15) is 8.42 Å². The Balaban J connectivity index is 1.95. The van der Waals surface area contributed by atoms with Crippen LogP contribution in [0.5, 0.6) is 0 Å². The quantitative estimate of drug-likeness (QED) is 0.906. The number of rotatable bonds is 4. The van der Waals surface area contributed by atoms with Crippen molar-refractivity contribution < 1.29 is 8.42 Å². The van der Waals surface area contributed by atoms with Gasteiger partial charge in [0, 0.05) is 54.9 Å². The van der Waals surface area contributed by atoms with Crippen molar-refractivity contribution in [1.82, 2.24) is 14.2 Å². The number of nitrogens with one attached hydrogen (secondary N) is 1. The van der Waals surface area contributed by atoms with Crippen molar-refractivity contribution in [3.8, 4) is 0 Å². The lowest BCUT2D eigenvalue weighted by Gasteiger charge is -2.20. The highest BCUT2D eigenvalue weighted by molar-refractivity contribution is 7.88. The number of aromatic nitrogens is 1. The van der Waals surface area contributed by atoms with Crippen LogP contribution in [0.3, 0.4) is 0 Å². The molecule has 2 heterocycles. The first-order chi connectivity index (χ1) is 11.3. The molecule has 0 radical (unpaired) electrons. The van der Waals surface area contributed by atoms with Crippen LogP contribution >= 0.6 is 11.6 Å². The number of hydrogen-bond donors (Lipinski definition) is 1. The Morgan fingerprint density at radius 1 is 1.33 bits per heavy atom. The molecule has 1 aromatic heterocycles. The van der Waals surface area contributed by atoms with Gasteiger partial charge < -0.3 is 9.88 Å². The highest BCUT2D eigenvalue weighted by atomic mass is 35.5. The van der Waals surface area contributed by atoms with Crippen LogP contribution in [0, 0.1) is 0 Å². The first kappa shape index (κ1) is 17.1. The fourth-order valence-corrected chi connectivity index (χ4v) is 3.40. The average molecular weight is 366 g/mol. The van der Waals surface area contributed by atoms with E-state index in [0.717, 1.165) is 27.7 Å². The summed E-state index contributed by atoms with van der Waals surface area (Å²) >= 11 is 6.09. The summed E-state index contributed by atoms with van der Waals surface area (Å²) in [5.41, 5.74) is 4.16. The van der Waals surface area contributed by atoms with Crippen LogP contribution in [0.2, 0.25) is 5.02 Å². The van der Waals surface area contributed by atoms with Crippen LogP contribution in [0.4, 0.5) is 0 Å². The second kappa shape index (κ2) is 6.27. The van der Waals surface area contributed by atoms with Gasteiger partial charge in [-0.25, -0.2) is 12.7 Å². The molecule has 0 fully saturated rings. The maximum atomic E-state index is 11.6. The van der Waals surface area contributed by atoms with E-state index in [1.165, 1.54) is 10.6 Å². The topological polar surface area (TPSA) is 54.3 Å². The molecule has 1 aliphatic rings. The van der Waals surface area contributed by atoms with E-state index in [-0.39, 0.29) is 0 Å². The largest absolute Gasteiger partial charge is 0.387 e. The van der Waals surface area contributed by atoms with Gasteiger partial charge in [0.05, 0.1) is 11.9 Å². The van der Waals surface area contributed by atoms with Gasteiger partial charge in [0.1, 0.15) is 0 Å². The van der Waals surface area contributed by atoms with Crippen LogP contribution in [-0.4, -0.2) is 43.7 Å². The number of hydrogen-bond acceptors (Lipinski definition) is 3. The van der Waals surface area contributed by atoms with Gasteiger partial charge in [-0.3, -0.25) is 0 Å². The molecule has 5 nitrogen and oxygen atoms in total. The number of likely N-dealkylation sites (N-methyl/N-ethyl adjacent to an activating group) is 1. The molecule has 0 saturated heterocycles. The average Bonchev–Trinajstić information content (AvgIpc) is 2.83. The molecule has 1 aromatic carbocycles. The van der Waals surface area contributed by atoms with Crippen molar-refractivity contribution in [3.05, 3.63) is 52.8 Å². The summed E-state index contributed by atoms with van der Waals surface area (Å²) in [7, 11) is 0.397. The van der Waals surface area contributed by atoms with E-state index in [1.54, 1.807) is 7.05 Å². The smallest absolute Gasteiger partial charge is 0.211 e. The lowest BCUT2D eigenvalue weighted by Crippen LogP contribution is -2.31. The van der Waals surface area contributed by atoms with E-state index >= 15 is 0 Å². The third-order valence-electron chi connectivity index (χ3n) is 4.24. The molecule has 0 aliphatic carbocycles. The fraction of sp³-hybridized carbons (Fsp3) is 0.294. The van der Waals surface area contributed by atoms with E-state index in [0.29, 0.717) is 18.1 Å². The summed E-state index contributed by atoms with van der Waals surface area (Å²) in [6.07, 6.45) is 5.22. The number of benzene rings is 1. The minimum absolute atomic E-state index is 0.374. The van der Waals surface area contributed by atoms with E-state index in [2.05, 4.69) is 16.0 Å². The van der Waals surface area contributed by atoms with Crippen LogP contribution < -0.4 is 5.32 Å². The number of fused-ring (bicyclic) bond motifs is 1. The Labute approximate surface area is 147 Å². The van der Waals surface area contributed by atoms with Gasteiger partial charge in [-0.15, -0.1) is 0 Å². The van der Waals surface area contributed by atoms with E-state index in [4.69, 9.17) is 11.6 Å². The maximum Gasteiger partial charge on any atom is 0.211 e. The SMILES string of the molecule is CN(CC1=CC(c2cc3ccc(Cl)cc3n2C)=CNC1)S(C)(=O)=O. The summed E-state index contributed by atoms with van der Waals surface area (Å²) in [5, 5.41) is 5.05. The Hall–Kier alpha value is -1.76. The lowest BCUT2D eigenvalue weighted by atomic mass is 10.1. The molecule has 128 valence electrons. The summed E-state index contributed by atoms with van der Waals surface area (Å²) in [5.74, 6) is 0. The number of nitrogens with zero attached hydrogens (tertiary/aromatic N) is 2. The molecule has 1 aliphatic heterocycles. The van der Waals surface area contributed by atoms with Crippen LogP contribution in [0.1, 0.15) is 5.69 Å². The number of aryl methyl sites for hydroxylation is 1. The number of sulfonamides is 1. The third kappa shape index (κ3) is 3.36. The molecule has 0 bridgehead atoms. The predicted octanol–water partition coefficient (Wildman–Crippen LogP) is 2.59. The van der Waals surface area contributed by atoms with Crippen LogP contribution in [0.25, 0.3) is 16.5 Å². The minimum Gasteiger partial charge on any atom is -0.387 e. The number of allylic oxidation sites excluding steroid dienone is 2. The molecule has 24 heavy (non-hydrogen) atoms. The molecule has 0 saturated carbocycles. The van der Waals surface area contributed by atoms with Crippen molar-refractivity contribution in [2.24, 2.45) is 7.05 Å². The molecule has 0 atom stereocenters.